The summed E-state index contributed by atoms with van der Waals surface area (Å²) >= 11 is 0. The van der Waals surface area contributed by atoms with Gasteiger partial charge in [-0.05, 0) is 37.1 Å². The van der Waals surface area contributed by atoms with Crippen LogP contribution in [0.1, 0.15) is 16.8 Å². The van der Waals surface area contributed by atoms with Crippen molar-refractivity contribution in [3.8, 4) is 0 Å². The predicted molar refractivity (Wildman–Crippen MR) is 91.3 cm³/mol. The van der Waals surface area contributed by atoms with Crippen molar-refractivity contribution in [1.29, 1.82) is 0 Å². The van der Waals surface area contributed by atoms with E-state index in [2.05, 4.69) is 0 Å². The van der Waals surface area contributed by atoms with Gasteiger partial charge in [0.1, 0.15) is 0 Å². The second-order valence-corrected chi connectivity index (χ2v) is 7.55. The number of nitrogens with zero attached hydrogens (tertiary/aromatic N) is 1. The Morgan fingerprint density at radius 1 is 0.870 bits per heavy atom. The summed E-state index contributed by atoms with van der Waals surface area (Å²) in [5.41, 5.74) is 2.93. The molecule has 0 unspecified atom stereocenters. The van der Waals surface area contributed by atoms with Gasteiger partial charge in [-0.3, -0.25) is 0 Å². The van der Waals surface area contributed by atoms with Gasteiger partial charge in [-0.2, -0.15) is 0 Å². The first kappa shape index (κ1) is 15.6. The Bertz CT molecular complexity index is 911. The van der Waals surface area contributed by atoms with Crippen molar-refractivity contribution in [2.75, 3.05) is 0 Å². The zero-order chi connectivity index (χ0) is 16.4. The number of benzene rings is 2. The Morgan fingerprint density at radius 3 is 2.04 bits per heavy atom. The van der Waals surface area contributed by atoms with Crippen molar-refractivity contribution in [2.45, 2.75) is 30.2 Å². The van der Waals surface area contributed by atoms with Crippen LogP contribution in [0, 0.1) is 13.8 Å². The van der Waals surface area contributed by atoms with Gasteiger partial charge in [-0.1, -0.05) is 48.5 Å². The summed E-state index contributed by atoms with van der Waals surface area (Å²) < 4.78 is 27.7. The van der Waals surface area contributed by atoms with Crippen LogP contribution in [-0.4, -0.2) is 13.0 Å². The average Bonchev–Trinajstić information content (AvgIpc) is 2.86. The molecule has 0 radical (unpaired) electrons. The summed E-state index contributed by atoms with van der Waals surface area (Å²) in [6.45, 7) is 4.49. The third kappa shape index (κ3) is 2.94. The molecule has 0 atom stereocenters. The van der Waals surface area contributed by atoms with Crippen LogP contribution in [0.4, 0.5) is 0 Å². The molecule has 0 saturated heterocycles. The summed E-state index contributed by atoms with van der Waals surface area (Å²) in [4.78, 5) is 0.720. The van der Waals surface area contributed by atoms with Crippen molar-refractivity contribution in [3.05, 3.63) is 83.7 Å². The predicted octanol–water partition coefficient (Wildman–Crippen LogP) is 3.99. The van der Waals surface area contributed by atoms with E-state index < -0.39 is 9.84 Å². The maximum Gasteiger partial charge on any atom is 0.208 e. The zero-order valence-corrected chi connectivity index (χ0v) is 14.0. The van der Waals surface area contributed by atoms with Gasteiger partial charge in [0, 0.05) is 18.4 Å². The number of aromatic nitrogens is 1. The molecule has 0 bridgehead atoms. The third-order valence-corrected chi connectivity index (χ3v) is 6.04. The van der Waals surface area contributed by atoms with E-state index in [1.165, 1.54) is 0 Å². The van der Waals surface area contributed by atoms with Gasteiger partial charge < -0.3 is 4.57 Å². The summed E-state index contributed by atoms with van der Waals surface area (Å²) in [6, 6.07) is 18.6. The van der Waals surface area contributed by atoms with E-state index >= 15 is 0 Å². The highest BCUT2D eigenvalue weighted by Gasteiger charge is 2.23. The fraction of sp³-hybridized carbons (Fsp3) is 0.158. The first-order valence-electron chi connectivity index (χ1n) is 7.50. The van der Waals surface area contributed by atoms with Crippen molar-refractivity contribution in [3.63, 3.8) is 0 Å². The van der Waals surface area contributed by atoms with Gasteiger partial charge >= 0.3 is 0 Å². The molecule has 0 N–H and O–H groups in total. The highest BCUT2D eigenvalue weighted by atomic mass is 32.2. The molecule has 0 spiro atoms. The zero-order valence-electron chi connectivity index (χ0n) is 13.2. The number of sulfone groups is 1. The van der Waals surface area contributed by atoms with Crippen molar-refractivity contribution >= 4 is 9.84 Å². The van der Waals surface area contributed by atoms with Gasteiger partial charge in [-0.15, -0.1) is 0 Å². The summed E-state index contributed by atoms with van der Waals surface area (Å²) in [6.07, 6.45) is 1.75. The lowest BCUT2D eigenvalue weighted by molar-refractivity contribution is 0.595. The fourth-order valence-corrected chi connectivity index (χ4v) is 4.26. The van der Waals surface area contributed by atoms with Crippen LogP contribution >= 0.6 is 0 Å². The first-order chi connectivity index (χ1) is 11.0. The molecule has 2 aromatic carbocycles. The fourth-order valence-electron chi connectivity index (χ4n) is 2.67. The van der Waals surface area contributed by atoms with E-state index in [0.29, 0.717) is 16.3 Å². The molecule has 0 fully saturated rings. The molecule has 1 heterocycles. The van der Waals surface area contributed by atoms with E-state index in [4.69, 9.17) is 0 Å². The molecule has 3 rings (SSSR count). The lowest BCUT2D eigenvalue weighted by Gasteiger charge is -2.06. The van der Waals surface area contributed by atoms with Gasteiger partial charge in [0.2, 0.25) is 9.84 Å². The Morgan fingerprint density at radius 2 is 1.43 bits per heavy atom. The van der Waals surface area contributed by atoms with Crippen molar-refractivity contribution in [2.24, 2.45) is 0 Å². The molecule has 0 saturated carbocycles. The minimum atomic E-state index is -3.48. The quantitative estimate of drug-likeness (QED) is 0.727. The molecule has 3 aromatic rings. The van der Waals surface area contributed by atoms with Crippen molar-refractivity contribution in [1.82, 2.24) is 4.57 Å². The molecule has 118 valence electrons. The molecule has 0 amide bonds. The monoisotopic (exact) mass is 325 g/mol. The maximum absolute atomic E-state index is 12.9. The molecule has 1 aromatic heterocycles. The minimum Gasteiger partial charge on any atom is -0.346 e. The molecule has 4 heteroatoms. The normalized spacial score (nSPS) is 11.6. The third-order valence-electron chi connectivity index (χ3n) is 4.15. The highest BCUT2D eigenvalue weighted by molar-refractivity contribution is 7.91. The second kappa shape index (κ2) is 6.05. The molecular formula is C19H19NO2S. The Balaban J connectivity index is 2.04. The van der Waals surface area contributed by atoms with Crippen LogP contribution in [-0.2, 0) is 16.4 Å². The van der Waals surface area contributed by atoms with E-state index in [9.17, 15) is 8.42 Å². The molecule has 0 aliphatic rings. The van der Waals surface area contributed by atoms with E-state index in [0.717, 1.165) is 16.8 Å². The topological polar surface area (TPSA) is 39.1 Å². The summed E-state index contributed by atoms with van der Waals surface area (Å²) in [5, 5.41) is 0. The lowest BCUT2D eigenvalue weighted by atomic mass is 10.2. The van der Waals surface area contributed by atoms with Gasteiger partial charge in [0.15, 0.2) is 0 Å². The van der Waals surface area contributed by atoms with E-state index in [1.54, 1.807) is 30.5 Å². The molecule has 23 heavy (non-hydrogen) atoms. The van der Waals surface area contributed by atoms with Gasteiger partial charge in [0.25, 0.3) is 0 Å². The van der Waals surface area contributed by atoms with E-state index in [1.807, 2.05) is 54.8 Å². The Labute approximate surface area is 137 Å². The summed E-state index contributed by atoms with van der Waals surface area (Å²) in [5.74, 6) is 0. The average molecular weight is 325 g/mol. The molecular weight excluding hydrogens is 306 g/mol. The first-order valence-corrected chi connectivity index (χ1v) is 8.99. The van der Waals surface area contributed by atoms with Crippen LogP contribution < -0.4 is 0 Å². The standard InChI is InChI=1S/C19H19NO2S/c1-15-16(2)20(13-17-9-5-3-6-10-17)14-19(15)23(21,22)18-11-7-4-8-12-18/h3-12,14H,13H2,1-2H3. The number of hydrogen-bond donors (Lipinski definition) is 0. The largest absolute Gasteiger partial charge is 0.346 e. The SMILES string of the molecule is Cc1c(S(=O)(=O)c2ccccc2)cn(Cc2ccccc2)c1C. The highest BCUT2D eigenvalue weighted by Crippen LogP contribution is 2.27. The van der Waals surface area contributed by atoms with Crippen LogP contribution in [0.3, 0.4) is 0 Å². The van der Waals surface area contributed by atoms with Gasteiger partial charge in [0.05, 0.1) is 9.79 Å². The van der Waals surface area contributed by atoms with Crippen LogP contribution in [0.15, 0.2) is 76.7 Å². The smallest absolute Gasteiger partial charge is 0.208 e. The number of rotatable bonds is 4. The molecule has 0 aliphatic carbocycles. The molecule has 3 nitrogen and oxygen atoms in total. The van der Waals surface area contributed by atoms with Crippen LogP contribution in [0.25, 0.3) is 0 Å². The minimum absolute atomic E-state index is 0.333. The van der Waals surface area contributed by atoms with E-state index in [-0.39, 0.29) is 0 Å². The van der Waals surface area contributed by atoms with Gasteiger partial charge in [-0.25, -0.2) is 8.42 Å². The Hall–Kier alpha value is -2.33. The maximum atomic E-state index is 12.9. The summed E-state index contributed by atoms with van der Waals surface area (Å²) in [7, 11) is -3.48. The van der Waals surface area contributed by atoms with Crippen molar-refractivity contribution < 1.29 is 8.42 Å². The Kier molecular flexibility index (Phi) is 4.09. The van der Waals surface area contributed by atoms with Crippen LogP contribution in [0.5, 0.6) is 0 Å². The lowest BCUT2D eigenvalue weighted by Crippen LogP contribution is -2.02. The molecule has 0 aliphatic heterocycles. The number of hydrogen-bond acceptors (Lipinski definition) is 2. The second-order valence-electron chi connectivity index (χ2n) is 5.63. The van der Waals surface area contributed by atoms with Crippen LogP contribution in [0.2, 0.25) is 0 Å².